The Hall–Kier alpha value is -3.84. The summed E-state index contributed by atoms with van der Waals surface area (Å²) in [6.45, 7) is 11.1. The lowest BCUT2D eigenvalue weighted by atomic mass is 9.85. The first kappa shape index (κ1) is 29.2. The van der Waals surface area contributed by atoms with Gasteiger partial charge in [-0.2, -0.15) is 5.10 Å². The molecule has 0 atom stereocenters. The van der Waals surface area contributed by atoms with Gasteiger partial charge in [0.05, 0.1) is 18.4 Å². The molecule has 0 aliphatic rings. The number of carbonyl (C=O) groups is 2. The van der Waals surface area contributed by atoms with Gasteiger partial charge >= 0.3 is 5.97 Å². The molecule has 0 saturated heterocycles. The van der Waals surface area contributed by atoms with Crippen LogP contribution in [0.4, 0.5) is 0 Å². The van der Waals surface area contributed by atoms with E-state index in [0.29, 0.717) is 16.4 Å². The summed E-state index contributed by atoms with van der Waals surface area (Å²) in [6, 6.07) is 21.6. The summed E-state index contributed by atoms with van der Waals surface area (Å²) < 4.78 is 4.87. The highest BCUT2D eigenvalue weighted by Crippen LogP contribution is 2.41. The fourth-order valence-corrected chi connectivity index (χ4v) is 5.41. The van der Waals surface area contributed by atoms with E-state index in [4.69, 9.17) is 9.84 Å². The predicted molar refractivity (Wildman–Crippen MR) is 164 cm³/mol. The van der Waals surface area contributed by atoms with Crippen LogP contribution in [0.2, 0.25) is 0 Å². The minimum absolute atomic E-state index is 0.0385. The molecule has 0 saturated carbocycles. The summed E-state index contributed by atoms with van der Waals surface area (Å²) in [7, 11) is 4.86. The van der Waals surface area contributed by atoms with E-state index in [2.05, 4.69) is 57.9 Å². The third-order valence-electron chi connectivity index (χ3n) is 6.61. The second-order valence-electron chi connectivity index (χ2n) is 11.3. The van der Waals surface area contributed by atoms with Crippen molar-refractivity contribution in [3.05, 3.63) is 83.4 Å². The lowest BCUT2D eigenvalue weighted by molar-refractivity contribution is 0.0600. The average Bonchev–Trinajstić information content (AvgIpc) is 3.36. The quantitative estimate of drug-likeness (QED) is 0.187. The molecule has 1 amide bonds. The van der Waals surface area contributed by atoms with E-state index in [9.17, 15) is 9.59 Å². The van der Waals surface area contributed by atoms with Gasteiger partial charge in [-0.25, -0.2) is 4.79 Å². The fraction of sp³-hybridized carbons (Fsp3) is 0.303. The van der Waals surface area contributed by atoms with Crippen LogP contribution < -0.4 is 0 Å². The maximum atomic E-state index is 12.6. The summed E-state index contributed by atoms with van der Waals surface area (Å²) in [4.78, 5) is 27.3. The van der Waals surface area contributed by atoms with Crippen molar-refractivity contribution in [3.8, 4) is 33.6 Å². The molecule has 7 heteroatoms. The number of hydrogen-bond acceptors (Lipinski definition) is 5. The number of esters is 1. The number of aromatic amines is 1. The molecule has 0 fully saturated rings. The van der Waals surface area contributed by atoms with Gasteiger partial charge in [-0.05, 0) is 59.0 Å². The molecular weight excluding hydrogens is 518 g/mol. The molecule has 40 heavy (non-hydrogen) atoms. The van der Waals surface area contributed by atoms with E-state index >= 15 is 0 Å². The molecular formula is C33H37N3O3S. The van der Waals surface area contributed by atoms with Crippen LogP contribution in [0.15, 0.2) is 71.6 Å². The van der Waals surface area contributed by atoms with E-state index in [0.717, 1.165) is 33.6 Å². The highest BCUT2D eigenvalue weighted by atomic mass is 32.2. The zero-order chi connectivity index (χ0) is 29.2. The monoisotopic (exact) mass is 555 g/mol. The number of rotatable bonds is 7. The average molecular weight is 556 g/mol. The van der Waals surface area contributed by atoms with Crippen molar-refractivity contribution >= 4 is 23.6 Å². The van der Waals surface area contributed by atoms with Crippen LogP contribution in [0.1, 0.15) is 60.9 Å². The van der Waals surface area contributed by atoms with Crippen LogP contribution >= 0.6 is 11.8 Å². The fourth-order valence-electron chi connectivity index (χ4n) is 4.48. The Morgan fingerprint density at radius 3 is 2.02 bits per heavy atom. The van der Waals surface area contributed by atoms with Crippen LogP contribution in [0.25, 0.3) is 33.6 Å². The predicted octanol–water partition coefficient (Wildman–Crippen LogP) is 7.70. The molecule has 3 aromatic carbocycles. The number of amides is 1. The topological polar surface area (TPSA) is 75.3 Å². The second-order valence-corrected chi connectivity index (χ2v) is 13.0. The Labute approximate surface area is 241 Å². The lowest BCUT2D eigenvalue weighted by Gasteiger charge is -2.22. The molecule has 1 N–H and O–H groups in total. The number of nitrogens with zero attached hydrogens (tertiary/aromatic N) is 2. The standard InChI is InChI=1S/C33H37N3O3S/c1-20(2)40-27-18-25(17-26(19-27)33(3,4)5)30-28(21-9-13-23(14-10-21)31(37)36(6)7)29(34-35-30)22-11-15-24(16-12-22)32(38)39-8/h9-20H,1-8H3,(H,34,35). The van der Waals surface area contributed by atoms with Crippen LogP contribution in [0.3, 0.4) is 0 Å². The smallest absolute Gasteiger partial charge is 0.337 e. The van der Waals surface area contributed by atoms with Gasteiger partial charge in [-0.3, -0.25) is 9.89 Å². The lowest BCUT2D eigenvalue weighted by Crippen LogP contribution is -2.21. The molecule has 0 bridgehead atoms. The number of carbonyl (C=O) groups excluding carboxylic acids is 2. The Bertz CT molecular complexity index is 1510. The van der Waals surface area contributed by atoms with Crippen LogP contribution in [0, 0.1) is 0 Å². The summed E-state index contributed by atoms with van der Waals surface area (Å²) >= 11 is 1.84. The first-order valence-electron chi connectivity index (χ1n) is 13.3. The molecule has 0 aliphatic carbocycles. The number of ether oxygens (including phenoxy) is 1. The van der Waals surface area contributed by atoms with E-state index in [1.165, 1.54) is 17.6 Å². The van der Waals surface area contributed by atoms with Crippen molar-refractivity contribution in [1.82, 2.24) is 15.1 Å². The van der Waals surface area contributed by atoms with Crippen molar-refractivity contribution in [3.63, 3.8) is 0 Å². The number of thioether (sulfide) groups is 1. The molecule has 1 aromatic heterocycles. The first-order chi connectivity index (χ1) is 18.9. The molecule has 4 rings (SSSR count). The zero-order valence-corrected chi connectivity index (χ0v) is 25.3. The van der Waals surface area contributed by atoms with Gasteiger partial charge in [-0.1, -0.05) is 58.9 Å². The third kappa shape index (κ3) is 6.31. The normalized spacial score (nSPS) is 11.5. The SMILES string of the molecule is COC(=O)c1ccc(-c2n[nH]c(-c3cc(SC(C)C)cc(C(C)(C)C)c3)c2-c2ccc(C(=O)N(C)C)cc2)cc1. The molecule has 0 unspecified atom stereocenters. The Kier molecular flexibility index (Phi) is 8.54. The number of hydrogen-bond donors (Lipinski definition) is 1. The van der Waals surface area contributed by atoms with Gasteiger partial charge in [0.15, 0.2) is 0 Å². The molecule has 4 aromatic rings. The number of benzene rings is 3. The third-order valence-corrected chi connectivity index (χ3v) is 7.58. The molecule has 6 nitrogen and oxygen atoms in total. The number of nitrogens with one attached hydrogen (secondary N) is 1. The van der Waals surface area contributed by atoms with Crippen molar-refractivity contribution in [2.75, 3.05) is 21.2 Å². The van der Waals surface area contributed by atoms with Gasteiger partial charge in [0, 0.05) is 46.5 Å². The van der Waals surface area contributed by atoms with Gasteiger partial charge < -0.3 is 9.64 Å². The van der Waals surface area contributed by atoms with Gasteiger partial charge in [0.25, 0.3) is 5.91 Å². The van der Waals surface area contributed by atoms with Crippen LogP contribution in [0.5, 0.6) is 0 Å². The minimum atomic E-state index is -0.384. The summed E-state index contributed by atoms with van der Waals surface area (Å²) in [6.07, 6.45) is 0. The molecule has 208 valence electrons. The summed E-state index contributed by atoms with van der Waals surface area (Å²) in [5.74, 6) is -0.435. The maximum absolute atomic E-state index is 12.6. The first-order valence-corrected chi connectivity index (χ1v) is 14.2. The van der Waals surface area contributed by atoms with Crippen molar-refractivity contribution in [2.45, 2.75) is 50.2 Å². The summed E-state index contributed by atoms with van der Waals surface area (Å²) in [5, 5.41) is 8.54. The number of H-pyrrole nitrogens is 1. The Balaban J connectivity index is 1.93. The largest absolute Gasteiger partial charge is 0.465 e. The summed E-state index contributed by atoms with van der Waals surface area (Å²) in [5.41, 5.74) is 7.73. The number of methoxy groups -OCH3 is 1. The molecule has 1 heterocycles. The van der Waals surface area contributed by atoms with E-state index in [1.54, 1.807) is 31.1 Å². The van der Waals surface area contributed by atoms with Crippen molar-refractivity contribution in [2.24, 2.45) is 0 Å². The Morgan fingerprint density at radius 1 is 0.875 bits per heavy atom. The van der Waals surface area contributed by atoms with Crippen LogP contribution in [-0.4, -0.2) is 53.4 Å². The van der Waals surface area contributed by atoms with E-state index in [-0.39, 0.29) is 17.3 Å². The maximum Gasteiger partial charge on any atom is 0.337 e. The van der Waals surface area contributed by atoms with Gasteiger partial charge in [0.1, 0.15) is 5.69 Å². The minimum Gasteiger partial charge on any atom is -0.465 e. The number of aromatic nitrogens is 2. The molecule has 0 radical (unpaired) electrons. The highest BCUT2D eigenvalue weighted by molar-refractivity contribution is 7.99. The second kappa shape index (κ2) is 11.7. The van der Waals surface area contributed by atoms with Crippen molar-refractivity contribution < 1.29 is 14.3 Å². The van der Waals surface area contributed by atoms with Crippen molar-refractivity contribution in [1.29, 1.82) is 0 Å². The van der Waals surface area contributed by atoms with E-state index in [1.807, 2.05) is 48.2 Å². The molecule has 0 spiro atoms. The van der Waals surface area contributed by atoms with Gasteiger partial charge in [-0.15, -0.1) is 11.8 Å². The Morgan fingerprint density at radius 2 is 1.48 bits per heavy atom. The van der Waals surface area contributed by atoms with E-state index < -0.39 is 0 Å². The highest BCUT2D eigenvalue weighted by Gasteiger charge is 2.22. The van der Waals surface area contributed by atoms with Crippen LogP contribution in [-0.2, 0) is 10.2 Å². The molecule has 0 aliphatic heterocycles. The van der Waals surface area contributed by atoms with Gasteiger partial charge in [0.2, 0.25) is 0 Å². The zero-order valence-electron chi connectivity index (χ0n) is 24.5.